The van der Waals surface area contributed by atoms with Gasteiger partial charge in [0.15, 0.2) is 0 Å². The number of unbranched alkanes of at least 4 members (excludes halogenated alkanes) is 4. The van der Waals surface area contributed by atoms with Crippen LogP contribution < -0.4 is 0 Å². The van der Waals surface area contributed by atoms with Crippen LogP contribution in [0.25, 0.3) is 0 Å². The van der Waals surface area contributed by atoms with Crippen molar-refractivity contribution in [2.45, 2.75) is 88.2 Å². The summed E-state index contributed by atoms with van der Waals surface area (Å²) in [6.45, 7) is 2.23. The number of aliphatic hydroxyl groups is 1. The van der Waals surface area contributed by atoms with Crippen molar-refractivity contribution in [1.29, 1.82) is 0 Å². The van der Waals surface area contributed by atoms with E-state index in [2.05, 4.69) is 37.3 Å². The van der Waals surface area contributed by atoms with Gasteiger partial charge in [0.1, 0.15) is 0 Å². The van der Waals surface area contributed by atoms with E-state index in [0.717, 1.165) is 18.4 Å². The van der Waals surface area contributed by atoms with E-state index in [9.17, 15) is 14.7 Å². The lowest BCUT2D eigenvalue weighted by atomic mass is 10.0. The minimum atomic E-state index is -0.955. The van der Waals surface area contributed by atoms with Gasteiger partial charge in [0, 0.05) is 17.4 Å². The summed E-state index contributed by atoms with van der Waals surface area (Å²) in [4.78, 5) is 21.9. The molecule has 0 amide bonds. The molecule has 0 saturated heterocycles. The number of aliphatic carboxylic acids is 1. The molecule has 0 saturated carbocycles. The fraction of sp³-hybridized carbons (Fsp3) is 0.467. The van der Waals surface area contributed by atoms with Gasteiger partial charge in [-0.05, 0) is 60.9 Å². The summed E-state index contributed by atoms with van der Waals surface area (Å²) in [6.07, 6.45) is 12.6. The van der Waals surface area contributed by atoms with Crippen LogP contribution >= 0.6 is 11.8 Å². The second kappa shape index (κ2) is 17.0. The van der Waals surface area contributed by atoms with Gasteiger partial charge in [0.25, 0.3) is 0 Å². The third-order valence-corrected chi connectivity index (χ3v) is 7.54. The molecule has 0 radical (unpaired) electrons. The zero-order valence-corrected chi connectivity index (χ0v) is 22.1. The molecular formula is C30H40O5S. The standard InChI is InChI=1S/C30H40O5S/c1-2-3-4-5-6-9-23-14-16-24(17-15-23)10-7-12-28(27(31)11-8-13-29(32)33)36-22-25-18-20-26(21-19-25)30(34)35/h7,12,14-21,27-28,31H,2-6,8-11,13,22H2,1H3,(H,32,33)(H,34,35)/b12-7-/t27-,28+/m0/s1. The molecule has 0 heterocycles. The van der Waals surface area contributed by atoms with Crippen molar-refractivity contribution < 1.29 is 24.9 Å². The maximum absolute atomic E-state index is 11.1. The number of hydrogen-bond acceptors (Lipinski definition) is 4. The van der Waals surface area contributed by atoms with Crippen molar-refractivity contribution in [3.63, 3.8) is 0 Å². The molecule has 6 heteroatoms. The van der Waals surface area contributed by atoms with Crippen LogP contribution in [-0.4, -0.2) is 38.6 Å². The van der Waals surface area contributed by atoms with Crippen LogP contribution in [0.3, 0.4) is 0 Å². The molecule has 0 aliphatic heterocycles. The number of benzene rings is 2. The summed E-state index contributed by atoms with van der Waals surface area (Å²) >= 11 is 1.58. The predicted octanol–water partition coefficient (Wildman–Crippen LogP) is 6.91. The minimum absolute atomic E-state index is 0.0414. The molecule has 5 nitrogen and oxygen atoms in total. The molecule has 0 aliphatic rings. The Hall–Kier alpha value is -2.57. The van der Waals surface area contributed by atoms with E-state index in [4.69, 9.17) is 10.2 Å². The van der Waals surface area contributed by atoms with Crippen molar-refractivity contribution in [2.24, 2.45) is 0 Å². The molecule has 2 atom stereocenters. The number of thioether (sulfide) groups is 1. The van der Waals surface area contributed by atoms with Gasteiger partial charge >= 0.3 is 11.9 Å². The lowest BCUT2D eigenvalue weighted by Crippen LogP contribution is -2.21. The number of hydrogen-bond donors (Lipinski definition) is 3. The molecule has 2 aromatic carbocycles. The third kappa shape index (κ3) is 11.9. The maximum atomic E-state index is 11.1. The molecular weight excluding hydrogens is 472 g/mol. The Kier molecular flexibility index (Phi) is 14.0. The number of aromatic carboxylic acids is 1. The van der Waals surface area contributed by atoms with E-state index in [0.29, 0.717) is 18.6 Å². The lowest BCUT2D eigenvalue weighted by molar-refractivity contribution is -0.137. The molecule has 0 unspecified atom stereocenters. The summed E-state index contributed by atoms with van der Waals surface area (Å²) in [7, 11) is 0. The van der Waals surface area contributed by atoms with E-state index in [1.807, 2.05) is 6.08 Å². The fourth-order valence-electron chi connectivity index (χ4n) is 3.97. The van der Waals surface area contributed by atoms with E-state index >= 15 is 0 Å². The van der Waals surface area contributed by atoms with Crippen molar-refractivity contribution in [3.8, 4) is 0 Å². The molecule has 0 spiro atoms. The Morgan fingerprint density at radius 1 is 0.861 bits per heavy atom. The van der Waals surface area contributed by atoms with Gasteiger partial charge in [-0.15, -0.1) is 11.8 Å². The number of aryl methyl sites for hydroxylation is 1. The summed E-state index contributed by atoms with van der Waals surface area (Å²) in [5, 5.41) is 28.5. The Balaban J connectivity index is 1.92. The molecule has 2 rings (SSSR count). The van der Waals surface area contributed by atoms with Crippen molar-refractivity contribution in [3.05, 3.63) is 82.9 Å². The smallest absolute Gasteiger partial charge is 0.335 e. The Morgan fingerprint density at radius 3 is 2.14 bits per heavy atom. The molecule has 36 heavy (non-hydrogen) atoms. The monoisotopic (exact) mass is 512 g/mol. The minimum Gasteiger partial charge on any atom is -0.481 e. The highest BCUT2D eigenvalue weighted by Gasteiger charge is 2.17. The number of carbonyl (C=O) groups is 2. The van der Waals surface area contributed by atoms with Crippen LogP contribution in [-0.2, 0) is 23.4 Å². The number of carboxylic acids is 2. The Labute approximate surface area is 219 Å². The zero-order chi connectivity index (χ0) is 26.2. The molecule has 0 aromatic heterocycles. The molecule has 0 aliphatic carbocycles. The van der Waals surface area contributed by atoms with Gasteiger partial charge in [0.05, 0.1) is 11.7 Å². The van der Waals surface area contributed by atoms with E-state index < -0.39 is 18.0 Å². The average Bonchev–Trinajstić information content (AvgIpc) is 2.86. The highest BCUT2D eigenvalue weighted by molar-refractivity contribution is 7.99. The number of allylic oxidation sites excluding steroid dienone is 1. The predicted molar refractivity (Wildman–Crippen MR) is 148 cm³/mol. The zero-order valence-electron chi connectivity index (χ0n) is 21.3. The lowest BCUT2D eigenvalue weighted by Gasteiger charge is -2.19. The van der Waals surface area contributed by atoms with Gasteiger partial charge in [-0.3, -0.25) is 4.79 Å². The van der Waals surface area contributed by atoms with E-state index in [-0.39, 0.29) is 17.2 Å². The second-order valence-electron chi connectivity index (χ2n) is 9.24. The van der Waals surface area contributed by atoms with Crippen molar-refractivity contribution in [2.75, 3.05) is 0 Å². The van der Waals surface area contributed by atoms with E-state index in [1.54, 1.807) is 36.0 Å². The molecule has 0 bridgehead atoms. The first kappa shape index (κ1) is 29.7. The maximum Gasteiger partial charge on any atom is 0.335 e. The van der Waals surface area contributed by atoms with Gasteiger partial charge in [0.2, 0.25) is 0 Å². The summed E-state index contributed by atoms with van der Waals surface area (Å²) < 4.78 is 0. The Bertz CT molecular complexity index is 937. The molecule has 196 valence electrons. The first-order chi connectivity index (χ1) is 17.4. The first-order valence-electron chi connectivity index (χ1n) is 13.0. The topological polar surface area (TPSA) is 94.8 Å². The van der Waals surface area contributed by atoms with Crippen LogP contribution in [0, 0.1) is 0 Å². The number of carboxylic acid groups (broad SMARTS) is 2. The highest BCUT2D eigenvalue weighted by atomic mass is 32.2. The van der Waals surface area contributed by atoms with Gasteiger partial charge < -0.3 is 15.3 Å². The van der Waals surface area contributed by atoms with Gasteiger partial charge in [-0.25, -0.2) is 4.79 Å². The van der Waals surface area contributed by atoms with Crippen LogP contribution in [0.15, 0.2) is 60.7 Å². The summed E-state index contributed by atoms with van der Waals surface area (Å²) in [5.41, 5.74) is 3.81. The average molecular weight is 513 g/mol. The molecule has 3 N–H and O–H groups in total. The van der Waals surface area contributed by atoms with Crippen molar-refractivity contribution in [1.82, 2.24) is 0 Å². The third-order valence-electron chi connectivity index (χ3n) is 6.18. The van der Waals surface area contributed by atoms with Crippen LogP contribution in [0.4, 0.5) is 0 Å². The molecule has 0 fully saturated rings. The normalized spacial score (nSPS) is 13.1. The first-order valence-corrected chi connectivity index (χ1v) is 14.0. The quantitative estimate of drug-likeness (QED) is 0.148. The van der Waals surface area contributed by atoms with E-state index in [1.165, 1.54) is 43.2 Å². The summed E-state index contributed by atoms with van der Waals surface area (Å²) in [6, 6.07) is 15.5. The second-order valence-corrected chi connectivity index (χ2v) is 10.4. The van der Waals surface area contributed by atoms with Gasteiger partial charge in [-0.2, -0.15) is 0 Å². The van der Waals surface area contributed by atoms with Crippen LogP contribution in [0.1, 0.15) is 85.3 Å². The molecule has 2 aromatic rings. The van der Waals surface area contributed by atoms with Crippen molar-refractivity contribution >= 4 is 23.7 Å². The highest BCUT2D eigenvalue weighted by Crippen LogP contribution is 2.25. The van der Waals surface area contributed by atoms with Crippen LogP contribution in [0.2, 0.25) is 0 Å². The number of rotatable bonds is 18. The van der Waals surface area contributed by atoms with Gasteiger partial charge in [-0.1, -0.05) is 81.2 Å². The SMILES string of the molecule is CCCCCCCc1ccc(C/C=C\[C@@H](SCc2ccc(C(=O)O)cc2)[C@@H](O)CCCC(=O)O)cc1. The Morgan fingerprint density at radius 2 is 1.50 bits per heavy atom. The fourth-order valence-corrected chi connectivity index (χ4v) is 5.13. The van der Waals surface area contributed by atoms with Crippen LogP contribution in [0.5, 0.6) is 0 Å². The number of aliphatic hydroxyl groups excluding tert-OH is 1. The largest absolute Gasteiger partial charge is 0.481 e. The summed E-state index contributed by atoms with van der Waals surface area (Å²) in [5.74, 6) is -1.19.